The van der Waals surface area contributed by atoms with Crippen molar-refractivity contribution < 1.29 is 18.3 Å². The van der Waals surface area contributed by atoms with Crippen LogP contribution < -0.4 is 0 Å². The minimum atomic E-state index is -3.62. The number of carboxylic acids is 1. The minimum absolute atomic E-state index is 0.192. The van der Waals surface area contributed by atoms with Gasteiger partial charge in [0.15, 0.2) is 0 Å². The Morgan fingerprint density at radius 1 is 1.14 bits per heavy atom. The molecule has 0 saturated carbocycles. The molecule has 0 amide bonds. The van der Waals surface area contributed by atoms with Crippen LogP contribution in [0, 0.1) is 11.8 Å². The Morgan fingerprint density at radius 3 is 2.57 bits per heavy atom. The molecule has 0 radical (unpaired) electrons. The van der Waals surface area contributed by atoms with Gasteiger partial charge in [0, 0.05) is 24.7 Å². The fourth-order valence-corrected chi connectivity index (χ4v) is 7.32. The average Bonchev–Trinajstić information content (AvgIpc) is 2.70. The molecule has 4 atom stereocenters. The van der Waals surface area contributed by atoms with E-state index in [1.54, 1.807) is 34.6 Å². The first-order valence-electron chi connectivity index (χ1n) is 10.2. The van der Waals surface area contributed by atoms with E-state index in [9.17, 15) is 13.2 Å². The van der Waals surface area contributed by atoms with Crippen molar-refractivity contribution in [1.29, 1.82) is 0 Å². The van der Waals surface area contributed by atoms with Gasteiger partial charge in [-0.05, 0) is 69.2 Å². The highest BCUT2D eigenvalue weighted by atomic mass is 32.2. The third-order valence-electron chi connectivity index (χ3n) is 6.61. The Bertz CT molecular complexity index is 837. The van der Waals surface area contributed by atoms with Crippen LogP contribution in [0.3, 0.4) is 0 Å². The lowest BCUT2D eigenvalue weighted by Crippen LogP contribution is -2.65. The highest BCUT2D eigenvalue weighted by Crippen LogP contribution is 2.44. The maximum absolute atomic E-state index is 13.5. The number of hydrogen-bond donors (Lipinski definition) is 1. The molecule has 1 N–H and O–H groups in total. The topological polar surface area (TPSA) is 77.9 Å². The van der Waals surface area contributed by atoms with Gasteiger partial charge in [-0.25, -0.2) is 13.2 Å². The number of carbonyl (C=O) groups is 1. The number of nitrogens with zero attached hydrogens (tertiary/aromatic N) is 2. The normalized spacial score (nSPS) is 31.6. The molecule has 1 aromatic carbocycles. The molecule has 3 aliphatic heterocycles. The van der Waals surface area contributed by atoms with E-state index >= 15 is 0 Å². The molecule has 0 aromatic heterocycles. The van der Waals surface area contributed by atoms with Gasteiger partial charge in [0.25, 0.3) is 0 Å². The van der Waals surface area contributed by atoms with Crippen molar-refractivity contribution in [3.05, 3.63) is 42.5 Å². The quantitative estimate of drug-likeness (QED) is 0.763. The Balaban J connectivity index is 1.71. The summed E-state index contributed by atoms with van der Waals surface area (Å²) in [5.41, 5.74) is 0. The summed E-state index contributed by atoms with van der Waals surface area (Å²) in [4.78, 5) is 13.8. The first kappa shape index (κ1) is 19.6. The average molecular weight is 405 g/mol. The third-order valence-corrected chi connectivity index (χ3v) is 8.52. The molecular weight excluding hydrogens is 376 g/mol. The van der Waals surface area contributed by atoms with Crippen molar-refractivity contribution in [2.24, 2.45) is 11.8 Å². The van der Waals surface area contributed by atoms with Gasteiger partial charge < -0.3 is 5.11 Å². The summed E-state index contributed by atoms with van der Waals surface area (Å²) in [7, 11) is -3.62. The Morgan fingerprint density at radius 2 is 1.86 bits per heavy atom. The molecule has 3 aliphatic rings. The largest absolute Gasteiger partial charge is 0.478 e. The smallest absolute Gasteiger partial charge is 0.327 e. The highest BCUT2D eigenvalue weighted by molar-refractivity contribution is 7.89. The monoisotopic (exact) mass is 404 g/mol. The molecular formula is C21H28N2O4S. The third kappa shape index (κ3) is 3.63. The predicted molar refractivity (Wildman–Crippen MR) is 106 cm³/mol. The second-order valence-electron chi connectivity index (χ2n) is 8.17. The SMILES string of the molecule is O=C(O)/C=C/C[C@@H]1[C@H]2CCCN3CCC[C@@H](CN1S(=O)(=O)c1ccccc1)[C@@H]23. The Hall–Kier alpha value is -1.70. The molecule has 7 heteroatoms. The summed E-state index contributed by atoms with van der Waals surface area (Å²) in [6, 6.07) is 8.86. The maximum atomic E-state index is 13.5. The fraction of sp³-hybridized carbons (Fsp3) is 0.571. The zero-order chi connectivity index (χ0) is 19.7. The summed E-state index contributed by atoms with van der Waals surface area (Å²) in [5.74, 6) is -0.379. The molecule has 6 nitrogen and oxygen atoms in total. The summed E-state index contributed by atoms with van der Waals surface area (Å²) >= 11 is 0. The van der Waals surface area contributed by atoms with Crippen LogP contribution in [0.5, 0.6) is 0 Å². The van der Waals surface area contributed by atoms with Crippen LogP contribution in [-0.2, 0) is 14.8 Å². The standard InChI is InChI=1S/C21H28N2O4S/c24-20(25)12-4-11-19-18-10-6-14-22-13-5-7-16(21(18)22)15-23(19)28(26,27)17-8-2-1-3-9-17/h1-4,8-9,12,16,18-19,21H,5-7,10-11,13-15H2,(H,24,25)/b12-4+/t16-,18+,19+,21-/m0/s1. The van der Waals surface area contributed by atoms with E-state index in [0.717, 1.165) is 44.8 Å². The van der Waals surface area contributed by atoms with Gasteiger partial charge in [-0.3, -0.25) is 4.90 Å². The van der Waals surface area contributed by atoms with E-state index < -0.39 is 16.0 Å². The number of sulfonamides is 1. The highest BCUT2D eigenvalue weighted by Gasteiger charge is 2.51. The van der Waals surface area contributed by atoms with Crippen molar-refractivity contribution in [3.63, 3.8) is 0 Å². The van der Waals surface area contributed by atoms with E-state index in [-0.39, 0.29) is 12.0 Å². The molecule has 152 valence electrons. The molecule has 0 unspecified atom stereocenters. The van der Waals surface area contributed by atoms with Crippen molar-refractivity contribution >= 4 is 16.0 Å². The molecule has 4 rings (SSSR count). The molecule has 1 aromatic rings. The van der Waals surface area contributed by atoms with Gasteiger partial charge in [0.05, 0.1) is 4.90 Å². The summed E-state index contributed by atoms with van der Waals surface area (Å²) in [5, 5.41) is 8.98. The number of hydrogen-bond acceptors (Lipinski definition) is 4. The number of benzene rings is 1. The van der Waals surface area contributed by atoms with E-state index in [1.165, 1.54) is 0 Å². The zero-order valence-electron chi connectivity index (χ0n) is 16.0. The van der Waals surface area contributed by atoms with Crippen LogP contribution in [0.25, 0.3) is 0 Å². The van der Waals surface area contributed by atoms with Crippen molar-refractivity contribution in [2.75, 3.05) is 19.6 Å². The van der Waals surface area contributed by atoms with Gasteiger partial charge >= 0.3 is 5.97 Å². The van der Waals surface area contributed by atoms with Crippen molar-refractivity contribution in [1.82, 2.24) is 9.21 Å². The minimum Gasteiger partial charge on any atom is -0.478 e. The Labute approximate surface area is 166 Å². The second kappa shape index (κ2) is 7.97. The number of piperidine rings is 3. The summed E-state index contributed by atoms with van der Waals surface area (Å²) in [6.07, 6.45) is 7.48. The molecule has 28 heavy (non-hydrogen) atoms. The van der Waals surface area contributed by atoms with Gasteiger partial charge in [-0.2, -0.15) is 4.31 Å². The lowest BCUT2D eigenvalue weighted by molar-refractivity contribution is -0.131. The van der Waals surface area contributed by atoms with Crippen molar-refractivity contribution in [3.8, 4) is 0 Å². The molecule has 3 heterocycles. The predicted octanol–water partition coefficient (Wildman–Crippen LogP) is 2.58. The zero-order valence-corrected chi connectivity index (χ0v) is 16.8. The van der Waals surface area contributed by atoms with E-state index in [0.29, 0.717) is 29.8 Å². The number of rotatable bonds is 5. The summed E-state index contributed by atoms with van der Waals surface area (Å²) < 4.78 is 28.7. The van der Waals surface area contributed by atoms with E-state index in [2.05, 4.69) is 4.90 Å². The van der Waals surface area contributed by atoms with Gasteiger partial charge in [0.2, 0.25) is 10.0 Å². The summed E-state index contributed by atoms with van der Waals surface area (Å²) in [6.45, 7) is 2.72. The van der Waals surface area contributed by atoms with Crippen LogP contribution in [0.2, 0.25) is 0 Å². The lowest BCUT2D eigenvalue weighted by Gasteiger charge is -2.56. The number of aliphatic carboxylic acids is 1. The van der Waals surface area contributed by atoms with Gasteiger partial charge in [-0.1, -0.05) is 24.3 Å². The van der Waals surface area contributed by atoms with E-state index in [1.807, 2.05) is 6.07 Å². The van der Waals surface area contributed by atoms with Crippen LogP contribution in [0.1, 0.15) is 32.1 Å². The van der Waals surface area contributed by atoms with Crippen molar-refractivity contribution in [2.45, 2.75) is 49.1 Å². The number of carboxylic acid groups (broad SMARTS) is 1. The van der Waals surface area contributed by atoms with Crippen LogP contribution in [-0.4, -0.2) is 60.4 Å². The maximum Gasteiger partial charge on any atom is 0.327 e. The van der Waals surface area contributed by atoms with E-state index in [4.69, 9.17) is 5.11 Å². The molecule has 0 aliphatic carbocycles. The Kier molecular flexibility index (Phi) is 5.58. The molecule has 3 fully saturated rings. The van der Waals surface area contributed by atoms with Gasteiger partial charge in [0.1, 0.15) is 0 Å². The van der Waals surface area contributed by atoms with Gasteiger partial charge in [-0.15, -0.1) is 0 Å². The van der Waals surface area contributed by atoms with Crippen LogP contribution in [0.4, 0.5) is 0 Å². The first-order valence-corrected chi connectivity index (χ1v) is 11.6. The second-order valence-corrected chi connectivity index (χ2v) is 10.1. The lowest BCUT2D eigenvalue weighted by atomic mass is 9.70. The first-order chi connectivity index (χ1) is 13.5. The molecule has 3 saturated heterocycles. The molecule has 0 bridgehead atoms. The van der Waals surface area contributed by atoms with Crippen LogP contribution >= 0.6 is 0 Å². The fourth-order valence-electron chi connectivity index (χ4n) is 5.56. The van der Waals surface area contributed by atoms with Crippen LogP contribution in [0.15, 0.2) is 47.4 Å². The molecule has 0 spiro atoms.